The molecule has 1 aromatic rings. The highest BCUT2D eigenvalue weighted by molar-refractivity contribution is 5.79. The second-order valence-corrected chi connectivity index (χ2v) is 7.37. The molecule has 0 N–H and O–H groups in total. The molecule has 0 bridgehead atoms. The number of hydrogen-bond donors (Lipinski definition) is 0. The summed E-state index contributed by atoms with van der Waals surface area (Å²) < 4.78 is 5.46. The molecule has 0 saturated heterocycles. The maximum atomic E-state index is 12.2. The van der Waals surface area contributed by atoms with E-state index in [1.54, 1.807) is 0 Å². The van der Waals surface area contributed by atoms with E-state index in [9.17, 15) is 9.59 Å². The molecule has 0 aromatic heterocycles. The van der Waals surface area contributed by atoms with Crippen LogP contribution in [0.15, 0.2) is 12.1 Å². The molecule has 0 saturated carbocycles. The van der Waals surface area contributed by atoms with Crippen molar-refractivity contribution >= 4 is 12.3 Å². The van der Waals surface area contributed by atoms with E-state index in [0.717, 1.165) is 23.0 Å². The van der Waals surface area contributed by atoms with Crippen molar-refractivity contribution < 1.29 is 14.3 Å². The number of carbonyl (C=O) groups excluding carboxylic acids is 2. The van der Waals surface area contributed by atoms with E-state index in [-0.39, 0.29) is 24.2 Å². The normalized spacial score (nSPS) is 11.9. The maximum Gasteiger partial charge on any atom is 0.310 e. The largest absolute Gasteiger partial charge is 0.460 e. The number of aldehydes is 1. The molecule has 122 valence electrons. The van der Waals surface area contributed by atoms with Crippen LogP contribution in [0.1, 0.15) is 87.4 Å². The third-order valence-corrected chi connectivity index (χ3v) is 3.46. The molecular formula is C19H28O3. The summed E-state index contributed by atoms with van der Waals surface area (Å²) in [6, 6.07) is 3.78. The summed E-state index contributed by atoms with van der Waals surface area (Å²) in [5, 5.41) is 0. The van der Waals surface area contributed by atoms with Crippen molar-refractivity contribution in [3.63, 3.8) is 0 Å². The van der Waals surface area contributed by atoms with Crippen LogP contribution in [-0.2, 0) is 16.0 Å². The number of rotatable bonds is 5. The van der Waals surface area contributed by atoms with Gasteiger partial charge in [0.1, 0.15) is 11.9 Å². The summed E-state index contributed by atoms with van der Waals surface area (Å²) in [7, 11) is 0. The van der Waals surface area contributed by atoms with Crippen molar-refractivity contribution in [3.8, 4) is 0 Å². The SMILES string of the molecule is CC(C)c1cc(C=O)cc(C(C)C)c1CC(=O)OC(C)(C)C. The zero-order valence-electron chi connectivity index (χ0n) is 14.8. The van der Waals surface area contributed by atoms with Crippen molar-refractivity contribution in [2.24, 2.45) is 0 Å². The monoisotopic (exact) mass is 304 g/mol. The Morgan fingerprint density at radius 3 is 1.86 bits per heavy atom. The lowest BCUT2D eigenvalue weighted by atomic mass is 9.85. The molecule has 0 fully saturated rings. The molecule has 1 aromatic carbocycles. The minimum atomic E-state index is -0.490. The van der Waals surface area contributed by atoms with Gasteiger partial charge in [0.2, 0.25) is 0 Å². The fraction of sp³-hybridized carbons (Fsp3) is 0.579. The van der Waals surface area contributed by atoms with Gasteiger partial charge >= 0.3 is 5.97 Å². The van der Waals surface area contributed by atoms with Gasteiger partial charge in [0.15, 0.2) is 0 Å². The van der Waals surface area contributed by atoms with Gasteiger partial charge in [-0.05, 0) is 61.4 Å². The Hall–Kier alpha value is -1.64. The van der Waals surface area contributed by atoms with E-state index in [1.165, 1.54) is 0 Å². The summed E-state index contributed by atoms with van der Waals surface area (Å²) >= 11 is 0. The molecule has 0 amide bonds. The molecule has 0 radical (unpaired) electrons. The van der Waals surface area contributed by atoms with Crippen molar-refractivity contribution in [2.45, 2.75) is 72.3 Å². The van der Waals surface area contributed by atoms with Crippen LogP contribution in [0, 0.1) is 0 Å². The van der Waals surface area contributed by atoms with Crippen molar-refractivity contribution in [2.75, 3.05) is 0 Å². The predicted molar refractivity (Wildman–Crippen MR) is 89.6 cm³/mol. The highest BCUT2D eigenvalue weighted by Gasteiger charge is 2.22. The van der Waals surface area contributed by atoms with Crippen molar-refractivity contribution in [1.29, 1.82) is 0 Å². The van der Waals surface area contributed by atoms with E-state index in [1.807, 2.05) is 32.9 Å². The fourth-order valence-electron chi connectivity index (χ4n) is 2.57. The Balaban J connectivity index is 3.31. The van der Waals surface area contributed by atoms with Gasteiger partial charge in [0.25, 0.3) is 0 Å². The third kappa shape index (κ3) is 4.97. The Bertz CT molecular complexity index is 519. The minimum absolute atomic E-state index is 0.227. The topological polar surface area (TPSA) is 43.4 Å². The van der Waals surface area contributed by atoms with Crippen LogP contribution < -0.4 is 0 Å². The van der Waals surface area contributed by atoms with Gasteiger partial charge in [0, 0.05) is 5.56 Å². The van der Waals surface area contributed by atoms with E-state index in [4.69, 9.17) is 4.74 Å². The van der Waals surface area contributed by atoms with Crippen molar-refractivity contribution in [3.05, 3.63) is 34.4 Å². The van der Waals surface area contributed by atoms with E-state index >= 15 is 0 Å². The average Bonchev–Trinajstić information content (AvgIpc) is 2.35. The third-order valence-electron chi connectivity index (χ3n) is 3.46. The van der Waals surface area contributed by atoms with Crippen LogP contribution in [0.5, 0.6) is 0 Å². The van der Waals surface area contributed by atoms with Gasteiger partial charge in [-0.1, -0.05) is 27.7 Å². The molecule has 0 heterocycles. The van der Waals surface area contributed by atoms with Gasteiger partial charge in [-0.15, -0.1) is 0 Å². The van der Waals surface area contributed by atoms with E-state index in [2.05, 4.69) is 27.7 Å². The molecule has 3 nitrogen and oxygen atoms in total. The first kappa shape index (κ1) is 18.4. The summed E-state index contributed by atoms with van der Waals surface area (Å²) in [6.07, 6.45) is 1.12. The van der Waals surface area contributed by atoms with E-state index in [0.29, 0.717) is 5.56 Å². The van der Waals surface area contributed by atoms with Gasteiger partial charge in [0.05, 0.1) is 6.42 Å². The second kappa shape index (κ2) is 7.08. The lowest BCUT2D eigenvalue weighted by molar-refractivity contribution is -0.153. The molecule has 0 atom stereocenters. The maximum absolute atomic E-state index is 12.2. The average molecular weight is 304 g/mol. The molecule has 0 spiro atoms. The second-order valence-electron chi connectivity index (χ2n) is 7.37. The van der Waals surface area contributed by atoms with Crippen LogP contribution in [-0.4, -0.2) is 17.9 Å². The molecule has 3 heteroatoms. The Morgan fingerprint density at radius 2 is 1.55 bits per heavy atom. The van der Waals surface area contributed by atoms with Gasteiger partial charge < -0.3 is 4.74 Å². The van der Waals surface area contributed by atoms with Gasteiger partial charge in [-0.3, -0.25) is 9.59 Å². The van der Waals surface area contributed by atoms with Crippen LogP contribution in [0.25, 0.3) is 0 Å². The molecule has 22 heavy (non-hydrogen) atoms. The number of esters is 1. The lowest BCUT2D eigenvalue weighted by Crippen LogP contribution is -2.25. The fourth-order valence-corrected chi connectivity index (χ4v) is 2.57. The van der Waals surface area contributed by atoms with Crippen LogP contribution in [0.2, 0.25) is 0 Å². The highest BCUT2D eigenvalue weighted by atomic mass is 16.6. The Labute approximate surface area is 134 Å². The smallest absolute Gasteiger partial charge is 0.310 e. The van der Waals surface area contributed by atoms with Gasteiger partial charge in [-0.25, -0.2) is 0 Å². The summed E-state index contributed by atoms with van der Waals surface area (Å²) in [5.41, 5.74) is 3.29. The zero-order valence-corrected chi connectivity index (χ0v) is 14.8. The summed E-state index contributed by atoms with van der Waals surface area (Å²) in [4.78, 5) is 23.4. The van der Waals surface area contributed by atoms with Crippen LogP contribution >= 0.6 is 0 Å². The molecular weight excluding hydrogens is 276 g/mol. The summed E-state index contributed by atoms with van der Waals surface area (Å²) in [5.74, 6) is 0.264. The van der Waals surface area contributed by atoms with Crippen molar-refractivity contribution in [1.82, 2.24) is 0 Å². The number of carbonyl (C=O) groups is 2. The van der Waals surface area contributed by atoms with E-state index < -0.39 is 5.60 Å². The molecule has 0 aliphatic rings. The zero-order chi connectivity index (χ0) is 17.1. The molecule has 1 rings (SSSR count). The first-order valence-corrected chi connectivity index (χ1v) is 7.89. The highest BCUT2D eigenvalue weighted by Crippen LogP contribution is 2.30. The van der Waals surface area contributed by atoms with Crippen LogP contribution in [0.3, 0.4) is 0 Å². The van der Waals surface area contributed by atoms with Gasteiger partial charge in [-0.2, -0.15) is 0 Å². The van der Waals surface area contributed by atoms with Crippen LogP contribution in [0.4, 0.5) is 0 Å². The quantitative estimate of drug-likeness (QED) is 0.588. The summed E-state index contributed by atoms with van der Waals surface area (Å²) in [6.45, 7) is 13.9. The number of ether oxygens (including phenoxy) is 1. The molecule has 0 unspecified atom stereocenters. The predicted octanol–water partition coefficient (Wildman–Crippen LogP) is 4.63. The minimum Gasteiger partial charge on any atom is -0.460 e. The Kier molecular flexibility index (Phi) is 5.92. The lowest BCUT2D eigenvalue weighted by Gasteiger charge is -2.23. The number of hydrogen-bond acceptors (Lipinski definition) is 3. The standard InChI is InChI=1S/C19H28O3/c1-12(2)15-8-14(11-20)9-16(13(3)4)17(15)10-18(21)22-19(5,6)7/h8-9,11-13H,10H2,1-7H3. The Morgan fingerprint density at radius 1 is 1.09 bits per heavy atom. The first-order chi connectivity index (χ1) is 10.0. The molecule has 0 aliphatic carbocycles. The first-order valence-electron chi connectivity index (χ1n) is 7.89. The number of benzene rings is 1. The molecule has 0 aliphatic heterocycles.